The molecule has 0 aliphatic rings. The Morgan fingerprint density at radius 1 is 1.11 bits per heavy atom. The van der Waals surface area contributed by atoms with Crippen LogP contribution < -0.4 is 0 Å². The summed E-state index contributed by atoms with van der Waals surface area (Å²) in [5.41, 5.74) is 6.68. The Labute approximate surface area is 115 Å². The third kappa shape index (κ3) is 2.33. The molecule has 1 aromatic heterocycles. The molecule has 2 rings (SSSR count). The molecule has 0 spiro atoms. The van der Waals surface area contributed by atoms with Gasteiger partial charge in [0.2, 0.25) is 0 Å². The molecule has 1 aromatic carbocycles. The number of rotatable bonds is 3. The molecule has 19 heavy (non-hydrogen) atoms. The van der Waals surface area contributed by atoms with Gasteiger partial charge in [-0.2, -0.15) is 0 Å². The molecule has 2 nitrogen and oxygen atoms in total. The number of hydrogen-bond donors (Lipinski definition) is 1. The van der Waals surface area contributed by atoms with E-state index in [-0.39, 0.29) is 0 Å². The van der Waals surface area contributed by atoms with E-state index in [2.05, 4.69) is 33.8 Å². The van der Waals surface area contributed by atoms with Gasteiger partial charge in [0, 0.05) is 12.0 Å². The van der Waals surface area contributed by atoms with Crippen molar-refractivity contribution >= 4 is 0 Å². The Balaban J connectivity index is 2.59. The summed E-state index contributed by atoms with van der Waals surface area (Å²) in [4.78, 5) is 0. The van der Waals surface area contributed by atoms with Crippen LogP contribution in [0.4, 0.5) is 0 Å². The molecule has 2 aromatic rings. The van der Waals surface area contributed by atoms with Crippen LogP contribution in [-0.4, -0.2) is 5.11 Å². The number of furan rings is 1. The molecule has 0 saturated carbocycles. The second-order valence-electron chi connectivity index (χ2n) is 5.23. The summed E-state index contributed by atoms with van der Waals surface area (Å²) < 4.78 is 5.44. The topological polar surface area (TPSA) is 33.4 Å². The van der Waals surface area contributed by atoms with Crippen LogP contribution in [0, 0.1) is 27.7 Å². The average molecular weight is 258 g/mol. The zero-order valence-corrected chi connectivity index (χ0v) is 12.4. The van der Waals surface area contributed by atoms with Crippen LogP contribution in [0.5, 0.6) is 0 Å². The number of benzene rings is 1. The lowest BCUT2D eigenvalue weighted by Crippen LogP contribution is -2.08. The Kier molecular flexibility index (Phi) is 3.81. The highest BCUT2D eigenvalue weighted by Gasteiger charge is 2.21. The smallest absolute Gasteiger partial charge is 0.109 e. The summed E-state index contributed by atoms with van der Waals surface area (Å²) in [6, 6.07) is 4.05. The van der Waals surface area contributed by atoms with Crippen LogP contribution in [0.1, 0.15) is 52.2 Å². The molecule has 2 heteroatoms. The van der Waals surface area contributed by atoms with Crippen molar-refractivity contribution in [1.82, 2.24) is 0 Å². The minimum Gasteiger partial charge on any atom is -0.469 e. The number of aliphatic hydroxyl groups is 1. The SMILES string of the molecule is CCc1occc1C(O)c1c(C)c(C)cc(C)c1C. The minimum atomic E-state index is -0.604. The predicted molar refractivity (Wildman–Crippen MR) is 77.5 cm³/mol. The average Bonchev–Trinajstić information content (AvgIpc) is 2.84. The molecule has 1 unspecified atom stereocenters. The lowest BCUT2D eigenvalue weighted by atomic mass is 9.88. The van der Waals surface area contributed by atoms with Gasteiger partial charge in [0.25, 0.3) is 0 Å². The molecule has 0 bridgehead atoms. The Morgan fingerprint density at radius 3 is 2.21 bits per heavy atom. The normalized spacial score (nSPS) is 12.7. The van der Waals surface area contributed by atoms with Crippen molar-refractivity contribution in [3.63, 3.8) is 0 Å². The largest absolute Gasteiger partial charge is 0.469 e. The maximum Gasteiger partial charge on any atom is 0.109 e. The molecular weight excluding hydrogens is 236 g/mol. The van der Waals surface area contributed by atoms with E-state index in [4.69, 9.17) is 4.42 Å². The van der Waals surface area contributed by atoms with Gasteiger partial charge in [0.1, 0.15) is 11.9 Å². The summed E-state index contributed by atoms with van der Waals surface area (Å²) in [7, 11) is 0. The molecule has 0 aliphatic carbocycles. The number of aryl methyl sites for hydroxylation is 3. The van der Waals surface area contributed by atoms with Crippen LogP contribution in [0.15, 0.2) is 22.8 Å². The molecule has 0 aliphatic heterocycles. The monoisotopic (exact) mass is 258 g/mol. The number of hydrogen-bond acceptors (Lipinski definition) is 2. The second kappa shape index (κ2) is 5.22. The highest BCUT2D eigenvalue weighted by atomic mass is 16.3. The summed E-state index contributed by atoms with van der Waals surface area (Å²) >= 11 is 0. The summed E-state index contributed by atoms with van der Waals surface area (Å²) in [5.74, 6) is 0.866. The van der Waals surface area contributed by atoms with E-state index in [0.29, 0.717) is 0 Å². The van der Waals surface area contributed by atoms with Gasteiger partial charge in [-0.25, -0.2) is 0 Å². The first-order valence-corrected chi connectivity index (χ1v) is 6.79. The summed E-state index contributed by atoms with van der Waals surface area (Å²) in [6.07, 6.45) is 1.85. The first-order valence-electron chi connectivity index (χ1n) is 6.79. The summed E-state index contributed by atoms with van der Waals surface area (Å²) in [6.45, 7) is 10.4. The van der Waals surface area contributed by atoms with Gasteiger partial charge in [-0.15, -0.1) is 0 Å². The number of aliphatic hydroxyl groups excluding tert-OH is 1. The maximum atomic E-state index is 10.7. The molecular formula is C17H22O2. The minimum absolute atomic E-state index is 0.604. The highest BCUT2D eigenvalue weighted by molar-refractivity contribution is 5.48. The standard InChI is InChI=1S/C17H22O2/c1-6-15-14(7-8-19-15)17(18)16-12(4)10(2)9-11(3)13(16)5/h7-9,17-18H,6H2,1-5H3. The maximum absolute atomic E-state index is 10.7. The Hall–Kier alpha value is -1.54. The molecule has 102 valence electrons. The van der Waals surface area contributed by atoms with Gasteiger partial charge in [-0.1, -0.05) is 13.0 Å². The lowest BCUT2D eigenvalue weighted by molar-refractivity contribution is 0.215. The summed E-state index contributed by atoms with van der Waals surface area (Å²) in [5, 5.41) is 10.7. The van der Waals surface area contributed by atoms with Crippen molar-refractivity contribution < 1.29 is 9.52 Å². The van der Waals surface area contributed by atoms with Crippen LogP contribution in [0.25, 0.3) is 0 Å². The third-order valence-electron chi connectivity index (χ3n) is 4.09. The van der Waals surface area contributed by atoms with E-state index >= 15 is 0 Å². The van der Waals surface area contributed by atoms with E-state index < -0.39 is 6.10 Å². The van der Waals surface area contributed by atoms with Gasteiger partial charge >= 0.3 is 0 Å². The van der Waals surface area contributed by atoms with Gasteiger partial charge in [0.15, 0.2) is 0 Å². The molecule has 0 saturated heterocycles. The van der Waals surface area contributed by atoms with Crippen molar-refractivity contribution in [2.24, 2.45) is 0 Å². The predicted octanol–water partition coefficient (Wildman–Crippen LogP) is 4.16. The van der Waals surface area contributed by atoms with Gasteiger partial charge in [-0.3, -0.25) is 0 Å². The van der Waals surface area contributed by atoms with Crippen LogP contribution >= 0.6 is 0 Å². The quantitative estimate of drug-likeness (QED) is 0.897. The van der Waals surface area contributed by atoms with Crippen molar-refractivity contribution in [2.75, 3.05) is 0 Å². The van der Waals surface area contributed by atoms with Gasteiger partial charge < -0.3 is 9.52 Å². The molecule has 0 amide bonds. The molecule has 0 fully saturated rings. The molecule has 0 radical (unpaired) electrons. The van der Waals surface area contributed by atoms with Crippen molar-refractivity contribution in [3.8, 4) is 0 Å². The van der Waals surface area contributed by atoms with Crippen LogP contribution in [0.2, 0.25) is 0 Å². The van der Waals surface area contributed by atoms with E-state index in [1.165, 1.54) is 22.3 Å². The highest BCUT2D eigenvalue weighted by Crippen LogP contribution is 2.33. The molecule has 1 atom stereocenters. The second-order valence-corrected chi connectivity index (χ2v) is 5.23. The van der Waals surface area contributed by atoms with E-state index in [0.717, 1.165) is 23.3 Å². The molecule has 1 heterocycles. The van der Waals surface area contributed by atoms with Crippen molar-refractivity contribution in [3.05, 3.63) is 57.5 Å². The van der Waals surface area contributed by atoms with Crippen molar-refractivity contribution in [2.45, 2.75) is 47.1 Å². The van der Waals surface area contributed by atoms with E-state index in [1.807, 2.05) is 13.0 Å². The fourth-order valence-electron chi connectivity index (χ4n) is 2.69. The van der Waals surface area contributed by atoms with Crippen LogP contribution in [0.3, 0.4) is 0 Å². The van der Waals surface area contributed by atoms with Crippen molar-refractivity contribution in [1.29, 1.82) is 0 Å². The third-order valence-corrected chi connectivity index (χ3v) is 4.09. The van der Waals surface area contributed by atoms with Gasteiger partial charge in [-0.05, 0) is 61.6 Å². The molecule has 1 N–H and O–H groups in total. The van der Waals surface area contributed by atoms with Gasteiger partial charge in [0.05, 0.1) is 6.26 Å². The van der Waals surface area contributed by atoms with E-state index in [9.17, 15) is 5.11 Å². The lowest BCUT2D eigenvalue weighted by Gasteiger charge is -2.20. The zero-order chi connectivity index (χ0) is 14.2. The Morgan fingerprint density at radius 2 is 1.68 bits per heavy atom. The Bertz CT molecular complexity index is 567. The van der Waals surface area contributed by atoms with E-state index in [1.54, 1.807) is 6.26 Å². The zero-order valence-electron chi connectivity index (χ0n) is 12.4. The fourth-order valence-corrected chi connectivity index (χ4v) is 2.69. The van der Waals surface area contributed by atoms with Crippen LogP contribution in [-0.2, 0) is 6.42 Å². The first kappa shape index (κ1) is 13.9. The first-order chi connectivity index (χ1) is 8.97. The fraction of sp³-hybridized carbons (Fsp3) is 0.412.